The molecule has 0 amide bonds. The Labute approximate surface area is 91.6 Å². The van der Waals surface area contributed by atoms with Gasteiger partial charge < -0.3 is 5.11 Å². The van der Waals surface area contributed by atoms with Crippen LogP contribution in [0.3, 0.4) is 0 Å². The molecule has 0 heterocycles. The Morgan fingerprint density at radius 2 is 2.00 bits per heavy atom. The van der Waals surface area contributed by atoms with E-state index < -0.39 is 22.0 Å². The summed E-state index contributed by atoms with van der Waals surface area (Å²) >= 11 is 0. The fourth-order valence-electron chi connectivity index (χ4n) is 1.30. The van der Waals surface area contributed by atoms with Gasteiger partial charge in [-0.25, -0.2) is 0 Å². The number of carbonyl (C=O) groups is 1. The summed E-state index contributed by atoms with van der Waals surface area (Å²) in [5.74, 6) is -0.987. The molecule has 0 bridgehead atoms. The van der Waals surface area contributed by atoms with Gasteiger partial charge in [-0.15, -0.1) is 0 Å². The fraction of sp³-hybridized carbons (Fsp3) is 0.364. The van der Waals surface area contributed by atoms with E-state index >= 15 is 0 Å². The van der Waals surface area contributed by atoms with E-state index in [0.717, 1.165) is 6.42 Å². The van der Waals surface area contributed by atoms with Crippen LogP contribution in [-0.4, -0.2) is 20.5 Å². The molecule has 1 N–H and O–H groups in total. The maximum atomic E-state index is 11.9. The first-order chi connectivity index (χ1) is 7.16. The zero-order chi connectivity index (χ0) is 11.3. The third-order valence-corrected chi connectivity index (χ3v) is 3.75. The molecular formula is C11H14O3S. The van der Waals surface area contributed by atoms with Crippen LogP contribution in [0.25, 0.3) is 0 Å². The summed E-state index contributed by atoms with van der Waals surface area (Å²) in [6.07, 6.45) is 1.16. The van der Waals surface area contributed by atoms with Crippen LogP contribution in [0.15, 0.2) is 35.2 Å². The number of benzene rings is 1. The number of hydrogen-bond acceptors (Lipinski definition) is 2. The molecule has 1 rings (SSSR count). The summed E-state index contributed by atoms with van der Waals surface area (Å²) in [5, 5.41) is 8.15. The molecule has 1 aromatic rings. The smallest absolute Gasteiger partial charge is 0.319 e. The van der Waals surface area contributed by atoms with E-state index in [1.807, 2.05) is 13.0 Å². The molecule has 0 spiro atoms. The highest BCUT2D eigenvalue weighted by Gasteiger charge is 2.24. The quantitative estimate of drug-likeness (QED) is 0.836. The molecule has 15 heavy (non-hydrogen) atoms. The lowest BCUT2D eigenvalue weighted by Gasteiger charge is -2.10. The van der Waals surface area contributed by atoms with Crippen LogP contribution in [0.2, 0.25) is 0 Å². The Morgan fingerprint density at radius 1 is 1.40 bits per heavy atom. The topological polar surface area (TPSA) is 54.4 Å². The molecule has 0 aliphatic heterocycles. The van der Waals surface area contributed by atoms with Crippen LogP contribution in [-0.2, 0) is 15.6 Å². The van der Waals surface area contributed by atoms with Crippen molar-refractivity contribution in [3.63, 3.8) is 0 Å². The van der Waals surface area contributed by atoms with Gasteiger partial charge in [-0.2, -0.15) is 0 Å². The molecule has 82 valence electrons. The lowest BCUT2D eigenvalue weighted by molar-refractivity contribution is -0.136. The van der Waals surface area contributed by atoms with Crippen molar-refractivity contribution < 1.29 is 14.1 Å². The van der Waals surface area contributed by atoms with E-state index in [1.54, 1.807) is 24.3 Å². The van der Waals surface area contributed by atoms with Crippen molar-refractivity contribution in [3.8, 4) is 0 Å². The molecule has 1 aromatic carbocycles. The minimum atomic E-state index is -1.45. The predicted octanol–water partition coefficient (Wildman–Crippen LogP) is 2.05. The summed E-state index contributed by atoms with van der Waals surface area (Å²) in [6.45, 7) is 1.89. The van der Waals surface area contributed by atoms with Crippen LogP contribution >= 0.6 is 0 Å². The summed E-state index contributed by atoms with van der Waals surface area (Å²) in [5.41, 5.74) is 0. The van der Waals surface area contributed by atoms with Crippen molar-refractivity contribution in [2.45, 2.75) is 29.9 Å². The van der Waals surface area contributed by atoms with Gasteiger partial charge in [-0.1, -0.05) is 31.5 Å². The van der Waals surface area contributed by atoms with Gasteiger partial charge in [-0.3, -0.25) is 9.00 Å². The van der Waals surface area contributed by atoms with Crippen molar-refractivity contribution >= 4 is 16.8 Å². The lowest BCUT2D eigenvalue weighted by atomic mass is 10.2. The molecule has 4 heteroatoms. The van der Waals surface area contributed by atoms with Gasteiger partial charge in [-0.05, 0) is 18.6 Å². The number of carboxylic acid groups (broad SMARTS) is 1. The molecule has 2 atom stereocenters. The van der Waals surface area contributed by atoms with Gasteiger partial charge in [0.15, 0.2) is 0 Å². The van der Waals surface area contributed by atoms with Gasteiger partial charge in [0, 0.05) is 4.90 Å². The van der Waals surface area contributed by atoms with Crippen molar-refractivity contribution in [2.24, 2.45) is 0 Å². The Bertz CT molecular complexity index is 348. The SMILES string of the molecule is CCCC(C(=O)O)S(=O)c1ccccc1. The van der Waals surface area contributed by atoms with E-state index in [-0.39, 0.29) is 0 Å². The van der Waals surface area contributed by atoms with Gasteiger partial charge in [0.2, 0.25) is 0 Å². The number of aliphatic carboxylic acids is 1. The largest absolute Gasteiger partial charge is 0.480 e. The summed E-state index contributed by atoms with van der Waals surface area (Å²) in [4.78, 5) is 11.5. The van der Waals surface area contributed by atoms with Gasteiger partial charge in [0.1, 0.15) is 5.25 Å². The first-order valence-corrected chi connectivity index (χ1v) is 6.06. The monoisotopic (exact) mass is 226 g/mol. The van der Waals surface area contributed by atoms with E-state index in [9.17, 15) is 9.00 Å². The second kappa shape index (κ2) is 5.66. The third kappa shape index (κ3) is 3.16. The zero-order valence-corrected chi connectivity index (χ0v) is 9.37. The molecule has 0 saturated heterocycles. The number of rotatable bonds is 5. The Balaban J connectivity index is 2.86. The minimum Gasteiger partial charge on any atom is -0.480 e. The van der Waals surface area contributed by atoms with E-state index in [4.69, 9.17) is 5.11 Å². The van der Waals surface area contributed by atoms with Crippen molar-refractivity contribution in [1.29, 1.82) is 0 Å². The van der Waals surface area contributed by atoms with Crippen LogP contribution in [0.4, 0.5) is 0 Å². The Morgan fingerprint density at radius 3 is 2.47 bits per heavy atom. The van der Waals surface area contributed by atoms with Crippen LogP contribution in [0.5, 0.6) is 0 Å². The van der Waals surface area contributed by atoms with Crippen LogP contribution < -0.4 is 0 Å². The summed E-state index contributed by atoms with van der Waals surface area (Å²) < 4.78 is 11.9. The first-order valence-electron chi connectivity index (χ1n) is 4.85. The van der Waals surface area contributed by atoms with E-state index in [2.05, 4.69) is 0 Å². The van der Waals surface area contributed by atoms with Gasteiger partial charge >= 0.3 is 5.97 Å². The highest BCUT2D eigenvalue weighted by Crippen LogP contribution is 2.15. The predicted molar refractivity (Wildman–Crippen MR) is 59.2 cm³/mol. The molecule has 0 saturated carbocycles. The van der Waals surface area contributed by atoms with Crippen molar-refractivity contribution in [3.05, 3.63) is 30.3 Å². The first kappa shape index (κ1) is 11.9. The summed E-state index contributed by atoms with van der Waals surface area (Å²) in [7, 11) is -1.45. The molecule has 2 unspecified atom stereocenters. The number of carboxylic acids is 1. The second-order valence-corrected chi connectivity index (χ2v) is 4.86. The Hall–Kier alpha value is -1.16. The Kier molecular flexibility index (Phi) is 4.49. The average molecular weight is 226 g/mol. The standard InChI is InChI=1S/C11H14O3S/c1-2-6-10(11(12)13)15(14)9-7-4-3-5-8-9/h3-5,7-8,10H,2,6H2,1H3,(H,12,13). The van der Waals surface area contributed by atoms with E-state index in [0.29, 0.717) is 11.3 Å². The third-order valence-electron chi connectivity index (χ3n) is 2.06. The lowest BCUT2D eigenvalue weighted by Crippen LogP contribution is -2.25. The molecule has 0 aliphatic rings. The van der Waals surface area contributed by atoms with Crippen molar-refractivity contribution in [2.75, 3.05) is 0 Å². The second-order valence-electron chi connectivity index (χ2n) is 3.23. The van der Waals surface area contributed by atoms with E-state index in [1.165, 1.54) is 0 Å². The highest BCUT2D eigenvalue weighted by atomic mass is 32.2. The molecule has 0 aromatic heterocycles. The average Bonchev–Trinajstić information content (AvgIpc) is 2.26. The maximum absolute atomic E-state index is 11.9. The number of hydrogen-bond donors (Lipinski definition) is 1. The molecular weight excluding hydrogens is 212 g/mol. The minimum absolute atomic E-state index is 0.441. The molecule has 3 nitrogen and oxygen atoms in total. The van der Waals surface area contributed by atoms with Gasteiger partial charge in [0.25, 0.3) is 0 Å². The summed E-state index contributed by atoms with van der Waals surface area (Å²) in [6, 6.07) is 8.73. The van der Waals surface area contributed by atoms with Gasteiger partial charge in [0.05, 0.1) is 10.8 Å². The molecule has 0 aliphatic carbocycles. The zero-order valence-electron chi connectivity index (χ0n) is 8.55. The van der Waals surface area contributed by atoms with Crippen LogP contribution in [0, 0.1) is 0 Å². The maximum Gasteiger partial charge on any atom is 0.319 e. The van der Waals surface area contributed by atoms with Crippen molar-refractivity contribution in [1.82, 2.24) is 0 Å². The normalized spacial score (nSPS) is 14.5. The fourth-order valence-corrected chi connectivity index (χ4v) is 2.69. The molecule has 0 fully saturated rings. The highest BCUT2D eigenvalue weighted by molar-refractivity contribution is 7.86. The molecule has 0 radical (unpaired) electrons. The van der Waals surface area contributed by atoms with Crippen LogP contribution in [0.1, 0.15) is 19.8 Å².